The number of aliphatic imine (C=N–C) groups is 2. The van der Waals surface area contributed by atoms with Crippen LogP contribution in [0.1, 0.15) is 0 Å². The van der Waals surface area contributed by atoms with Crippen molar-refractivity contribution in [2.75, 3.05) is 37.7 Å². The Morgan fingerprint density at radius 1 is 0.957 bits per heavy atom. The maximum atomic E-state index is 11.4. The Morgan fingerprint density at radius 2 is 1.35 bits per heavy atom. The molecule has 0 spiro atoms. The highest BCUT2D eigenvalue weighted by Crippen LogP contribution is 2.05. The second-order valence-electron chi connectivity index (χ2n) is 3.96. The minimum absolute atomic E-state index is 0. The fraction of sp³-hybridized carbons (Fsp3) is 0.462. The Balaban J connectivity index is 0. The van der Waals surface area contributed by atoms with Crippen LogP contribution in [-0.2, 0) is 0 Å². The summed E-state index contributed by atoms with van der Waals surface area (Å²) >= 11 is 2.75. The van der Waals surface area contributed by atoms with Crippen LogP contribution in [0, 0.1) is 0 Å². The van der Waals surface area contributed by atoms with Crippen LogP contribution in [0.4, 0.5) is 4.79 Å². The first-order chi connectivity index (χ1) is 10.5. The van der Waals surface area contributed by atoms with E-state index in [0.717, 1.165) is 0 Å². The van der Waals surface area contributed by atoms with Gasteiger partial charge >= 0.3 is 6.03 Å². The summed E-state index contributed by atoms with van der Waals surface area (Å²) in [6.45, 7) is 9.08. The van der Waals surface area contributed by atoms with Crippen molar-refractivity contribution < 1.29 is 4.79 Å². The summed E-state index contributed by atoms with van der Waals surface area (Å²) in [6, 6.07) is -0.468. The molecule has 7 nitrogen and oxygen atoms in total. The number of halogens is 1. The van der Waals surface area contributed by atoms with Gasteiger partial charge in [0.25, 0.3) is 0 Å². The molecule has 10 heteroatoms. The number of nitrogens with zero attached hydrogens (tertiary/aromatic N) is 3. The molecule has 0 unspecified atom stereocenters. The molecule has 0 saturated heterocycles. The lowest BCUT2D eigenvalue weighted by atomic mass is 10.5. The van der Waals surface area contributed by atoms with Crippen molar-refractivity contribution >= 4 is 52.3 Å². The number of rotatable bonds is 10. The Kier molecular flexibility index (Phi) is 16.2. The van der Waals surface area contributed by atoms with E-state index in [1.165, 1.54) is 23.5 Å². The molecule has 0 fully saturated rings. The highest BCUT2D eigenvalue weighted by molar-refractivity contribution is 8.14. The van der Waals surface area contributed by atoms with Crippen LogP contribution in [0.5, 0.6) is 0 Å². The molecule has 0 aliphatic heterocycles. The second kappa shape index (κ2) is 15.6. The number of hydrogen-bond donors (Lipinski definition) is 3. The number of amidine groups is 2. The van der Waals surface area contributed by atoms with Gasteiger partial charge in [0, 0.05) is 24.6 Å². The summed E-state index contributed by atoms with van der Waals surface area (Å²) in [7, 11) is 0. The molecule has 0 aromatic carbocycles. The Hall–Kier alpha value is -1.32. The summed E-state index contributed by atoms with van der Waals surface area (Å²) in [4.78, 5) is 21.0. The molecule has 0 bridgehead atoms. The van der Waals surface area contributed by atoms with Crippen molar-refractivity contribution in [3.63, 3.8) is 0 Å². The monoisotopic (exact) mass is 380 g/mol. The van der Waals surface area contributed by atoms with Gasteiger partial charge in [-0.2, -0.15) is 0 Å². The molecule has 0 radical (unpaired) electrons. The molecule has 0 aliphatic carbocycles. The molecule has 0 aromatic rings. The highest BCUT2D eigenvalue weighted by atomic mass is 35.5. The van der Waals surface area contributed by atoms with E-state index in [-0.39, 0.29) is 12.4 Å². The topological polar surface area (TPSA) is 123 Å². The molecule has 0 aliphatic rings. The van der Waals surface area contributed by atoms with Gasteiger partial charge in [0.1, 0.15) is 0 Å². The van der Waals surface area contributed by atoms with Crippen molar-refractivity contribution in [3.05, 3.63) is 25.3 Å². The number of nitrogens with two attached hydrogens (primary N) is 3. The van der Waals surface area contributed by atoms with Gasteiger partial charge in [0.2, 0.25) is 0 Å². The van der Waals surface area contributed by atoms with Crippen molar-refractivity contribution in [1.29, 1.82) is 0 Å². The Bertz CT molecular complexity index is 399. The van der Waals surface area contributed by atoms with E-state index >= 15 is 0 Å². The molecule has 0 aromatic heterocycles. The minimum atomic E-state index is -0.468. The van der Waals surface area contributed by atoms with E-state index < -0.39 is 6.03 Å². The lowest BCUT2D eigenvalue weighted by molar-refractivity contribution is 0.214. The summed E-state index contributed by atoms with van der Waals surface area (Å²) in [5, 5.41) is 0.944. The average Bonchev–Trinajstić information content (AvgIpc) is 2.49. The summed E-state index contributed by atoms with van der Waals surface area (Å²) < 4.78 is 0. The predicted molar refractivity (Wildman–Crippen MR) is 107 cm³/mol. The SMILES string of the molecule is C=CCN=C(N)SCCN(CCSC(N)=NCC=C)C(N)=O.Cl. The third kappa shape index (κ3) is 14.0. The molecule has 6 N–H and O–H groups in total. The number of hydrogen-bond acceptors (Lipinski definition) is 5. The van der Waals surface area contributed by atoms with Crippen molar-refractivity contribution in [3.8, 4) is 0 Å². The van der Waals surface area contributed by atoms with Crippen LogP contribution in [-0.4, -0.2) is 59.0 Å². The second-order valence-corrected chi connectivity index (χ2v) is 6.19. The first-order valence-corrected chi connectivity index (χ1v) is 8.60. The highest BCUT2D eigenvalue weighted by Gasteiger charge is 2.10. The number of carbonyl (C=O) groups is 1. The normalized spacial score (nSPS) is 11.5. The quantitative estimate of drug-likeness (QED) is 0.299. The molecule has 0 atom stereocenters. The van der Waals surface area contributed by atoms with Gasteiger partial charge in [-0.3, -0.25) is 9.98 Å². The smallest absolute Gasteiger partial charge is 0.314 e. The average molecular weight is 381 g/mol. The van der Waals surface area contributed by atoms with E-state index in [0.29, 0.717) is 48.0 Å². The largest absolute Gasteiger partial charge is 0.379 e. The number of urea groups is 1. The summed E-state index contributed by atoms with van der Waals surface area (Å²) in [5.41, 5.74) is 16.7. The zero-order chi connectivity index (χ0) is 16.8. The van der Waals surface area contributed by atoms with Gasteiger partial charge in [-0.15, -0.1) is 25.6 Å². The van der Waals surface area contributed by atoms with E-state index in [1.54, 1.807) is 17.1 Å². The molecule has 0 saturated carbocycles. The van der Waals surface area contributed by atoms with Gasteiger partial charge in [-0.25, -0.2) is 4.79 Å². The lowest BCUT2D eigenvalue weighted by Gasteiger charge is -2.19. The van der Waals surface area contributed by atoms with Gasteiger partial charge in [0.15, 0.2) is 10.3 Å². The van der Waals surface area contributed by atoms with Crippen LogP contribution >= 0.6 is 35.9 Å². The molecule has 0 rings (SSSR count). The van der Waals surface area contributed by atoms with Gasteiger partial charge in [-0.1, -0.05) is 35.7 Å². The number of amides is 2. The van der Waals surface area contributed by atoms with Gasteiger partial charge < -0.3 is 22.1 Å². The minimum Gasteiger partial charge on any atom is -0.379 e. The van der Waals surface area contributed by atoms with Crippen molar-refractivity contribution in [1.82, 2.24) is 4.90 Å². The number of primary amides is 1. The number of carbonyl (C=O) groups excluding carboxylic acids is 1. The van der Waals surface area contributed by atoms with Crippen LogP contribution < -0.4 is 17.2 Å². The van der Waals surface area contributed by atoms with Gasteiger partial charge in [-0.05, 0) is 0 Å². The first-order valence-electron chi connectivity index (χ1n) is 6.62. The van der Waals surface area contributed by atoms with Crippen molar-refractivity contribution in [2.24, 2.45) is 27.2 Å². The lowest BCUT2D eigenvalue weighted by Crippen LogP contribution is -2.39. The molecule has 23 heavy (non-hydrogen) atoms. The molecular formula is C13H25ClN6OS2. The zero-order valence-electron chi connectivity index (χ0n) is 13.0. The molecular weight excluding hydrogens is 356 g/mol. The van der Waals surface area contributed by atoms with Crippen molar-refractivity contribution in [2.45, 2.75) is 0 Å². The zero-order valence-corrected chi connectivity index (χ0v) is 15.5. The summed E-state index contributed by atoms with van der Waals surface area (Å²) in [6.07, 6.45) is 3.33. The fourth-order valence-electron chi connectivity index (χ4n) is 1.25. The van der Waals surface area contributed by atoms with E-state index in [1.807, 2.05) is 0 Å². The first kappa shape index (κ1) is 23.9. The molecule has 132 valence electrons. The Labute approximate surface area is 152 Å². The van der Waals surface area contributed by atoms with Gasteiger partial charge in [0.05, 0.1) is 13.1 Å². The van der Waals surface area contributed by atoms with Crippen LogP contribution in [0.3, 0.4) is 0 Å². The standard InChI is InChI=1S/C13H24N6OS2.ClH/c1-3-5-17-11(14)21-9-7-19(13(16)20)8-10-22-12(15)18-6-4-2;/h3-4H,1-2,5-10H2,(H2,14,17)(H2,15,18)(H2,16,20);1H. The van der Waals surface area contributed by atoms with E-state index in [4.69, 9.17) is 17.2 Å². The number of thioether (sulfide) groups is 2. The summed E-state index contributed by atoms with van der Waals surface area (Å²) in [5.74, 6) is 1.25. The maximum Gasteiger partial charge on any atom is 0.314 e. The third-order valence-corrected chi connectivity index (χ3v) is 3.91. The predicted octanol–water partition coefficient (Wildman–Crippen LogP) is 1.26. The van der Waals surface area contributed by atoms with Crippen LogP contribution in [0.15, 0.2) is 35.3 Å². The molecule has 0 heterocycles. The molecule has 2 amide bonds. The van der Waals surface area contributed by atoms with E-state index in [9.17, 15) is 4.79 Å². The van der Waals surface area contributed by atoms with E-state index in [2.05, 4.69) is 23.1 Å². The maximum absolute atomic E-state index is 11.4. The fourth-order valence-corrected chi connectivity index (χ4v) is 2.63. The third-order valence-electron chi connectivity index (χ3n) is 2.29. The van der Waals surface area contributed by atoms with Crippen LogP contribution in [0.25, 0.3) is 0 Å². The Morgan fingerprint density at radius 3 is 1.65 bits per heavy atom. The van der Waals surface area contributed by atoms with Crippen LogP contribution in [0.2, 0.25) is 0 Å².